The average molecular weight is 278 g/mol. The Kier molecular flexibility index (Phi) is 4.05. The van der Waals surface area contributed by atoms with Crippen molar-refractivity contribution in [1.29, 1.82) is 0 Å². The van der Waals surface area contributed by atoms with E-state index in [4.69, 9.17) is 16.3 Å². The number of esters is 1. The van der Waals surface area contributed by atoms with Crippen LogP contribution < -0.4 is 0 Å². The summed E-state index contributed by atoms with van der Waals surface area (Å²) in [7, 11) is 1.38. The van der Waals surface area contributed by atoms with Crippen LogP contribution in [0, 0.1) is 6.92 Å². The number of aromatic nitrogens is 1. The lowest BCUT2D eigenvalue weighted by molar-refractivity contribution is 0.0601. The van der Waals surface area contributed by atoms with E-state index in [1.54, 1.807) is 12.3 Å². The molecule has 0 saturated carbocycles. The third kappa shape index (κ3) is 2.56. The lowest BCUT2D eigenvalue weighted by Gasteiger charge is -2.11. The van der Waals surface area contributed by atoms with E-state index in [9.17, 15) is 4.79 Å². The molecule has 0 unspecified atom stereocenters. The molecule has 0 atom stereocenters. The zero-order chi connectivity index (χ0) is 14.0. The Bertz CT molecular complexity index is 638. The van der Waals surface area contributed by atoms with Crippen LogP contribution in [0.5, 0.6) is 0 Å². The maximum atomic E-state index is 11.7. The number of carbonyl (C=O) groups is 1. The van der Waals surface area contributed by atoms with E-state index >= 15 is 0 Å². The number of rotatable bonds is 3. The Labute approximate surface area is 117 Å². The number of nitrogens with zero attached hydrogens (tertiary/aromatic N) is 1. The van der Waals surface area contributed by atoms with Crippen molar-refractivity contribution in [1.82, 2.24) is 4.98 Å². The third-order valence-electron chi connectivity index (χ3n) is 3.14. The maximum Gasteiger partial charge on any atom is 0.337 e. The van der Waals surface area contributed by atoms with Crippen LogP contribution in [0.2, 0.25) is 5.02 Å². The predicted octanol–water partition coefficient (Wildman–Crippen LogP) is 3.94. The second-order valence-corrected chi connectivity index (χ2v) is 4.92. The van der Waals surface area contributed by atoms with Gasteiger partial charge in [0.05, 0.1) is 23.2 Å². The number of carbonyl (C=O) groups excluding carboxylic acids is 1. The summed E-state index contributed by atoms with van der Waals surface area (Å²) in [5.41, 5.74) is 3.42. The number of benzene rings is 1. The highest BCUT2D eigenvalue weighted by molar-refractivity contribution is 6.32. The fourth-order valence-electron chi connectivity index (χ4n) is 2.25. The molecule has 0 aliphatic carbocycles. The SMILES string of the molecule is CCCc1c(Cl)cnc2c(C)cc(C(=O)OC)cc12. The van der Waals surface area contributed by atoms with Crippen LogP contribution in [0.15, 0.2) is 18.3 Å². The molecule has 2 aromatic rings. The summed E-state index contributed by atoms with van der Waals surface area (Å²) in [6, 6.07) is 3.61. The second-order valence-electron chi connectivity index (χ2n) is 4.52. The number of fused-ring (bicyclic) bond motifs is 1. The van der Waals surface area contributed by atoms with Crippen molar-refractivity contribution < 1.29 is 9.53 Å². The third-order valence-corrected chi connectivity index (χ3v) is 3.47. The molecule has 100 valence electrons. The number of pyridine rings is 1. The zero-order valence-electron chi connectivity index (χ0n) is 11.3. The first-order chi connectivity index (χ1) is 9.08. The van der Waals surface area contributed by atoms with Gasteiger partial charge in [0.15, 0.2) is 0 Å². The van der Waals surface area contributed by atoms with E-state index in [1.165, 1.54) is 7.11 Å². The van der Waals surface area contributed by atoms with Crippen molar-refractivity contribution >= 4 is 28.5 Å². The Balaban J connectivity index is 2.75. The van der Waals surface area contributed by atoms with Gasteiger partial charge in [-0.05, 0) is 36.6 Å². The van der Waals surface area contributed by atoms with Gasteiger partial charge < -0.3 is 4.74 Å². The van der Waals surface area contributed by atoms with E-state index < -0.39 is 0 Å². The van der Waals surface area contributed by atoms with Gasteiger partial charge in [-0.2, -0.15) is 0 Å². The predicted molar refractivity (Wildman–Crippen MR) is 76.8 cm³/mol. The molecule has 0 saturated heterocycles. The van der Waals surface area contributed by atoms with Crippen molar-refractivity contribution in [2.45, 2.75) is 26.7 Å². The average Bonchev–Trinajstić information content (AvgIpc) is 2.41. The van der Waals surface area contributed by atoms with Gasteiger partial charge in [-0.15, -0.1) is 0 Å². The summed E-state index contributed by atoms with van der Waals surface area (Å²) < 4.78 is 4.78. The second kappa shape index (κ2) is 5.57. The minimum Gasteiger partial charge on any atom is -0.465 e. The van der Waals surface area contributed by atoms with Crippen molar-refractivity contribution in [3.8, 4) is 0 Å². The van der Waals surface area contributed by atoms with Gasteiger partial charge in [0, 0.05) is 11.6 Å². The smallest absolute Gasteiger partial charge is 0.337 e. The molecule has 1 aromatic carbocycles. The van der Waals surface area contributed by atoms with E-state index in [0.717, 1.165) is 34.9 Å². The lowest BCUT2D eigenvalue weighted by Crippen LogP contribution is -2.03. The highest BCUT2D eigenvalue weighted by atomic mass is 35.5. The molecule has 0 N–H and O–H groups in total. The van der Waals surface area contributed by atoms with Crippen molar-refractivity contribution in [2.75, 3.05) is 7.11 Å². The van der Waals surface area contributed by atoms with Gasteiger partial charge >= 0.3 is 5.97 Å². The number of aryl methyl sites for hydroxylation is 2. The Morgan fingerprint density at radius 1 is 1.42 bits per heavy atom. The molecule has 0 amide bonds. The number of methoxy groups -OCH3 is 1. The molecule has 0 aliphatic rings. The van der Waals surface area contributed by atoms with E-state index in [0.29, 0.717) is 10.6 Å². The molecule has 2 rings (SSSR count). The van der Waals surface area contributed by atoms with E-state index in [2.05, 4.69) is 11.9 Å². The molecule has 4 heteroatoms. The minimum absolute atomic E-state index is 0.340. The fourth-order valence-corrected chi connectivity index (χ4v) is 2.49. The van der Waals surface area contributed by atoms with Gasteiger partial charge in [-0.1, -0.05) is 24.9 Å². The summed E-state index contributed by atoms with van der Waals surface area (Å²) in [4.78, 5) is 16.1. The van der Waals surface area contributed by atoms with Crippen LogP contribution in [-0.4, -0.2) is 18.1 Å². The molecule has 3 nitrogen and oxygen atoms in total. The molecule has 0 bridgehead atoms. The summed E-state index contributed by atoms with van der Waals surface area (Å²) in [5.74, 6) is -0.340. The number of halogens is 1. The molecular weight excluding hydrogens is 262 g/mol. The standard InChI is InChI=1S/C15H16ClNO2/c1-4-5-11-12-7-10(15(18)19-3)6-9(2)14(12)17-8-13(11)16/h6-8H,4-5H2,1-3H3. The van der Waals surface area contributed by atoms with Crippen molar-refractivity contribution in [3.05, 3.63) is 40.0 Å². The lowest BCUT2D eigenvalue weighted by atomic mass is 9.99. The monoisotopic (exact) mass is 277 g/mol. The summed E-state index contributed by atoms with van der Waals surface area (Å²) >= 11 is 6.22. The van der Waals surface area contributed by atoms with Crippen LogP contribution in [0.4, 0.5) is 0 Å². The van der Waals surface area contributed by atoms with Gasteiger partial charge in [0.25, 0.3) is 0 Å². The van der Waals surface area contributed by atoms with Gasteiger partial charge in [0.2, 0.25) is 0 Å². The van der Waals surface area contributed by atoms with E-state index in [-0.39, 0.29) is 5.97 Å². The van der Waals surface area contributed by atoms with Gasteiger partial charge in [-0.3, -0.25) is 4.98 Å². The Morgan fingerprint density at radius 2 is 2.16 bits per heavy atom. The fraction of sp³-hybridized carbons (Fsp3) is 0.333. The largest absolute Gasteiger partial charge is 0.465 e. The highest BCUT2D eigenvalue weighted by Crippen LogP contribution is 2.28. The Morgan fingerprint density at radius 3 is 2.79 bits per heavy atom. The molecule has 1 heterocycles. The van der Waals surface area contributed by atoms with Crippen LogP contribution in [0.25, 0.3) is 10.9 Å². The highest BCUT2D eigenvalue weighted by Gasteiger charge is 2.13. The minimum atomic E-state index is -0.340. The van der Waals surface area contributed by atoms with Crippen LogP contribution >= 0.6 is 11.6 Å². The molecular formula is C15H16ClNO2. The molecule has 0 fully saturated rings. The number of hydrogen-bond donors (Lipinski definition) is 0. The van der Waals surface area contributed by atoms with Crippen LogP contribution in [0.1, 0.15) is 34.8 Å². The number of ether oxygens (including phenoxy) is 1. The summed E-state index contributed by atoms with van der Waals surface area (Å²) in [5, 5.41) is 1.59. The van der Waals surface area contributed by atoms with Gasteiger partial charge in [-0.25, -0.2) is 4.79 Å². The van der Waals surface area contributed by atoms with Crippen LogP contribution in [0.3, 0.4) is 0 Å². The Hall–Kier alpha value is -1.61. The summed E-state index contributed by atoms with van der Waals surface area (Å²) in [6.07, 6.45) is 3.53. The first-order valence-electron chi connectivity index (χ1n) is 6.24. The summed E-state index contributed by atoms with van der Waals surface area (Å²) in [6.45, 7) is 4.03. The van der Waals surface area contributed by atoms with Crippen molar-refractivity contribution in [3.63, 3.8) is 0 Å². The number of hydrogen-bond acceptors (Lipinski definition) is 3. The van der Waals surface area contributed by atoms with Crippen molar-refractivity contribution in [2.24, 2.45) is 0 Å². The van der Waals surface area contributed by atoms with E-state index in [1.807, 2.05) is 13.0 Å². The molecule has 0 radical (unpaired) electrons. The quantitative estimate of drug-likeness (QED) is 0.798. The molecule has 0 spiro atoms. The topological polar surface area (TPSA) is 39.2 Å². The molecule has 1 aromatic heterocycles. The van der Waals surface area contributed by atoms with Gasteiger partial charge in [0.1, 0.15) is 0 Å². The first-order valence-corrected chi connectivity index (χ1v) is 6.62. The zero-order valence-corrected chi connectivity index (χ0v) is 12.0. The van der Waals surface area contributed by atoms with Crippen LogP contribution in [-0.2, 0) is 11.2 Å². The first kappa shape index (κ1) is 13.8. The normalized spacial score (nSPS) is 10.7. The molecule has 19 heavy (non-hydrogen) atoms. The molecule has 0 aliphatic heterocycles. The maximum absolute atomic E-state index is 11.7.